The van der Waals surface area contributed by atoms with Crippen molar-refractivity contribution in [2.45, 2.75) is 12.8 Å². The van der Waals surface area contributed by atoms with Crippen molar-refractivity contribution in [1.29, 1.82) is 0 Å². The monoisotopic (exact) mass is 330 g/mol. The second-order valence-electron chi connectivity index (χ2n) is 6.17. The van der Waals surface area contributed by atoms with Crippen LogP contribution in [0.25, 0.3) is 11.6 Å². The molecule has 4 N–H and O–H groups in total. The van der Waals surface area contributed by atoms with E-state index in [0.717, 1.165) is 33.8 Å². The van der Waals surface area contributed by atoms with Gasteiger partial charge in [0.1, 0.15) is 0 Å². The van der Waals surface area contributed by atoms with Crippen molar-refractivity contribution >= 4 is 29.2 Å². The maximum Gasteiger partial charge on any atom is 0.271 e. The largest absolute Gasteiger partial charge is 0.399 e. The van der Waals surface area contributed by atoms with Crippen molar-refractivity contribution in [3.8, 4) is 0 Å². The van der Waals surface area contributed by atoms with Crippen LogP contribution < -0.4 is 11.3 Å². The van der Waals surface area contributed by atoms with Crippen LogP contribution in [0.1, 0.15) is 35.2 Å². The molecule has 4 rings (SSSR count). The van der Waals surface area contributed by atoms with E-state index in [1.807, 2.05) is 54.6 Å². The van der Waals surface area contributed by atoms with Crippen LogP contribution in [-0.4, -0.2) is 16.4 Å². The minimum atomic E-state index is -0.137. The summed E-state index contributed by atoms with van der Waals surface area (Å²) in [6.07, 6.45) is 3.70. The number of aromatic amines is 2. The molecule has 0 saturated heterocycles. The summed E-state index contributed by atoms with van der Waals surface area (Å²) in [7, 11) is 0. The molecule has 124 valence electrons. The SMILES string of the molecule is CC(c1ccc(N)cc1)c1[nH][nH]c(=O)c1/C=C1/C=Nc2ccccc21. The average Bonchev–Trinajstić information content (AvgIpc) is 3.20. The number of anilines is 1. The van der Waals surface area contributed by atoms with Gasteiger partial charge >= 0.3 is 0 Å². The zero-order chi connectivity index (χ0) is 17.4. The molecule has 5 nitrogen and oxygen atoms in total. The van der Waals surface area contributed by atoms with Crippen LogP contribution in [0.3, 0.4) is 0 Å². The molecule has 0 fully saturated rings. The lowest BCUT2D eigenvalue weighted by Gasteiger charge is -2.11. The van der Waals surface area contributed by atoms with Gasteiger partial charge in [-0.3, -0.25) is 14.9 Å². The smallest absolute Gasteiger partial charge is 0.271 e. The van der Waals surface area contributed by atoms with Gasteiger partial charge in [-0.25, -0.2) is 0 Å². The molecule has 3 aromatic rings. The number of fused-ring (bicyclic) bond motifs is 1. The lowest BCUT2D eigenvalue weighted by Crippen LogP contribution is -2.05. The van der Waals surface area contributed by atoms with Gasteiger partial charge in [-0.1, -0.05) is 37.3 Å². The first-order valence-corrected chi connectivity index (χ1v) is 8.14. The number of nitrogens with zero attached hydrogens (tertiary/aromatic N) is 1. The number of benzene rings is 2. The highest BCUT2D eigenvalue weighted by Crippen LogP contribution is 2.33. The second kappa shape index (κ2) is 5.94. The van der Waals surface area contributed by atoms with Gasteiger partial charge in [-0.05, 0) is 29.8 Å². The predicted octanol–water partition coefficient (Wildman–Crippen LogP) is 3.69. The molecule has 0 bridgehead atoms. The minimum Gasteiger partial charge on any atom is -0.399 e. The highest BCUT2D eigenvalue weighted by molar-refractivity contribution is 6.21. The van der Waals surface area contributed by atoms with E-state index in [0.29, 0.717) is 5.56 Å². The fraction of sp³-hybridized carbons (Fsp3) is 0.100. The standard InChI is InChI=1S/C20H18N4O/c1-12(13-6-8-15(21)9-7-13)19-17(20(25)24-23-19)10-14-11-22-18-5-3-2-4-16(14)18/h2-12H,21H2,1H3,(H2,23,24,25)/b14-10-. The van der Waals surface area contributed by atoms with Gasteiger partial charge in [0.05, 0.1) is 16.9 Å². The third kappa shape index (κ3) is 2.70. The number of aromatic nitrogens is 2. The number of para-hydroxylation sites is 1. The zero-order valence-electron chi connectivity index (χ0n) is 13.8. The summed E-state index contributed by atoms with van der Waals surface area (Å²) in [4.78, 5) is 16.7. The van der Waals surface area contributed by atoms with E-state index in [9.17, 15) is 4.79 Å². The number of H-pyrrole nitrogens is 2. The summed E-state index contributed by atoms with van der Waals surface area (Å²) < 4.78 is 0. The third-order valence-corrected chi connectivity index (χ3v) is 4.57. The van der Waals surface area contributed by atoms with E-state index < -0.39 is 0 Å². The molecule has 0 amide bonds. The Morgan fingerprint density at radius 3 is 2.64 bits per heavy atom. The van der Waals surface area contributed by atoms with Crippen LogP contribution in [0.4, 0.5) is 11.4 Å². The zero-order valence-corrected chi connectivity index (χ0v) is 13.8. The van der Waals surface area contributed by atoms with Crippen molar-refractivity contribution < 1.29 is 0 Å². The first kappa shape index (κ1) is 15.2. The quantitative estimate of drug-likeness (QED) is 0.640. The van der Waals surface area contributed by atoms with E-state index in [1.54, 1.807) is 6.21 Å². The predicted molar refractivity (Wildman–Crippen MR) is 102 cm³/mol. The number of allylic oxidation sites excluding steroid dienone is 1. The fourth-order valence-corrected chi connectivity index (χ4v) is 3.13. The third-order valence-electron chi connectivity index (χ3n) is 4.57. The summed E-state index contributed by atoms with van der Waals surface area (Å²) >= 11 is 0. The molecule has 0 saturated carbocycles. The highest BCUT2D eigenvalue weighted by Gasteiger charge is 2.18. The Bertz CT molecular complexity index is 1040. The topological polar surface area (TPSA) is 87.0 Å². The molecule has 25 heavy (non-hydrogen) atoms. The van der Waals surface area contributed by atoms with Crippen molar-refractivity contribution in [3.63, 3.8) is 0 Å². The Labute approximate surface area is 144 Å². The molecule has 1 atom stereocenters. The van der Waals surface area contributed by atoms with E-state index in [4.69, 9.17) is 5.73 Å². The number of hydrogen-bond acceptors (Lipinski definition) is 3. The van der Waals surface area contributed by atoms with Gasteiger partial charge in [-0.2, -0.15) is 0 Å². The Morgan fingerprint density at radius 1 is 1.08 bits per heavy atom. The highest BCUT2D eigenvalue weighted by atomic mass is 16.1. The summed E-state index contributed by atoms with van der Waals surface area (Å²) in [5.41, 5.74) is 11.8. The minimum absolute atomic E-state index is 0.0278. The van der Waals surface area contributed by atoms with Gasteiger partial charge in [0.2, 0.25) is 0 Å². The van der Waals surface area contributed by atoms with Gasteiger partial charge < -0.3 is 10.8 Å². The Hall–Kier alpha value is -3.34. The van der Waals surface area contributed by atoms with Gasteiger partial charge in [0.25, 0.3) is 5.56 Å². The molecule has 2 heterocycles. The molecule has 1 aromatic heterocycles. The maximum absolute atomic E-state index is 12.3. The van der Waals surface area contributed by atoms with E-state index >= 15 is 0 Å². The Kier molecular flexibility index (Phi) is 3.61. The molecule has 5 heteroatoms. The Morgan fingerprint density at radius 2 is 1.84 bits per heavy atom. The van der Waals surface area contributed by atoms with Crippen molar-refractivity contribution in [1.82, 2.24) is 10.2 Å². The average molecular weight is 330 g/mol. The molecular formula is C20H18N4O. The number of nitrogens with two attached hydrogens (primary N) is 1. The van der Waals surface area contributed by atoms with E-state index in [1.165, 1.54) is 0 Å². The fourth-order valence-electron chi connectivity index (χ4n) is 3.13. The lowest BCUT2D eigenvalue weighted by atomic mass is 9.94. The van der Waals surface area contributed by atoms with Crippen molar-refractivity contribution in [2.75, 3.05) is 5.73 Å². The maximum atomic E-state index is 12.3. The number of nitrogens with one attached hydrogen (secondary N) is 2. The molecule has 1 unspecified atom stereocenters. The van der Waals surface area contributed by atoms with E-state index in [-0.39, 0.29) is 11.5 Å². The van der Waals surface area contributed by atoms with Crippen LogP contribution >= 0.6 is 0 Å². The Balaban J connectivity index is 1.77. The van der Waals surface area contributed by atoms with Gasteiger partial charge in [0.15, 0.2) is 0 Å². The molecular weight excluding hydrogens is 312 g/mol. The van der Waals surface area contributed by atoms with Gasteiger partial charge in [0, 0.05) is 29.0 Å². The van der Waals surface area contributed by atoms with E-state index in [2.05, 4.69) is 22.1 Å². The van der Waals surface area contributed by atoms with Crippen LogP contribution in [0.5, 0.6) is 0 Å². The number of rotatable bonds is 3. The molecule has 1 aliphatic heterocycles. The lowest BCUT2D eigenvalue weighted by molar-refractivity contribution is 0.851. The van der Waals surface area contributed by atoms with Crippen LogP contribution in [-0.2, 0) is 0 Å². The van der Waals surface area contributed by atoms with Crippen LogP contribution in [0, 0.1) is 0 Å². The first-order valence-electron chi connectivity index (χ1n) is 8.14. The number of nitrogen functional groups attached to an aromatic ring is 1. The number of hydrogen-bond donors (Lipinski definition) is 3. The molecule has 0 radical (unpaired) electrons. The second-order valence-corrected chi connectivity index (χ2v) is 6.17. The summed E-state index contributed by atoms with van der Waals surface area (Å²) in [6, 6.07) is 15.6. The summed E-state index contributed by atoms with van der Waals surface area (Å²) in [5.74, 6) is 0.0278. The van der Waals surface area contributed by atoms with Gasteiger partial charge in [-0.15, -0.1) is 0 Å². The normalized spacial score (nSPS) is 15.5. The first-order chi connectivity index (χ1) is 12.1. The van der Waals surface area contributed by atoms with Crippen LogP contribution in [0.15, 0.2) is 58.3 Å². The summed E-state index contributed by atoms with van der Waals surface area (Å²) in [5, 5.41) is 5.73. The molecule has 2 aromatic carbocycles. The molecule has 1 aliphatic rings. The van der Waals surface area contributed by atoms with Crippen LogP contribution in [0.2, 0.25) is 0 Å². The summed E-state index contributed by atoms with van der Waals surface area (Å²) in [6.45, 7) is 2.06. The number of aliphatic imine (C=N–C) groups is 1. The van der Waals surface area contributed by atoms with Crippen molar-refractivity contribution in [3.05, 3.63) is 81.3 Å². The van der Waals surface area contributed by atoms with Crippen molar-refractivity contribution in [2.24, 2.45) is 4.99 Å². The molecule has 0 aliphatic carbocycles. The molecule has 0 spiro atoms.